The van der Waals surface area contributed by atoms with Gasteiger partial charge in [-0.3, -0.25) is 4.57 Å². The molecule has 0 spiro atoms. The molecule has 0 aliphatic heterocycles. The molecule has 0 unspecified atom stereocenters. The van der Waals surface area contributed by atoms with E-state index >= 15 is 0 Å². The minimum atomic E-state index is 0.200. The molecule has 0 aliphatic carbocycles. The van der Waals surface area contributed by atoms with Crippen LogP contribution in [0.25, 0.3) is 38.5 Å². The van der Waals surface area contributed by atoms with Crippen molar-refractivity contribution in [2.75, 3.05) is 0 Å². The van der Waals surface area contributed by atoms with E-state index in [1.165, 1.54) is 10.8 Å². The van der Waals surface area contributed by atoms with Crippen LogP contribution in [-0.2, 0) is 0 Å². The summed E-state index contributed by atoms with van der Waals surface area (Å²) >= 11 is 1.59. The number of benzene rings is 3. The number of aromatic nitrogens is 3. The standard InChI is InChI=1S/C28H21N3OS/c1-17-14-18(2)28(29-16-17)31-23-8-4-3-7-21(23)22-12-11-20(15-24(22)31)33-26-13-10-19-6-5-9-25(32)27(19)30-26/h3-16,32H,1-2H3. The van der Waals surface area contributed by atoms with Gasteiger partial charge in [-0.05, 0) is 61.4 Å². The number of rotatable bonds is 3. The van der Waals surface area contributed by atoms with E-state index in [2.05, 4.69) is 66.9 Å². The smallest absolute Gasteiger partial charge is 0.141 e. The molecule has 0 bridgehead atoms. The van der Waals surface area contributed by atoms with Gasteiger partial charge in [-0.1, -0.05) is 54.2 Å². The maximum atomic E-state index is 10.2. The molecular weight excluding hydrogens is 426 g/mol. The van der Waals surface area contributed by atoms with Crippen LogP contribution in [0.15, 0.2) is 95.0 Å². The third-order valence-corrected chi connectivity index (χ3v) is 6.87. The minimum Gasteiger partial charge on any atom is -0.506 e. The molecule has 0 amide bonds. The largest absolute Gasteiger partial charge is 0.506 e. The van der Waals surface area contributed by atoms with Crippen molar-refractivity contribution in [2.24, 2.45) is 0 Å². The lowest BCUT2D eigenvalue weighted by Gasteiger charge is -2.11. The maximum absolute atomic E-state index is 10.2. The SMILES string of the molecule is Cc1cnc(-n2c3ccccc3c3ccc(Sc4ccc5cccc(O)c5n4)cc32)c(C)c1. The monoisotopic (exact) mass is 447 g/mol. The predicted octanol–water partition coefficient (Wildman–Crippen LogP) is 7.20. The van der Waals surface area contributed by atoms with Crippen molar-refractivity contribution in [3.63, 3.8) is 0 Å². The van der Waals surface area contributed by atoms with Gasteiger partial charge in [0.05, 0.1) is 11.0 Å². The van der Waals surface area contributed by atoms with Gasteiger partial charge in [-0.2, -0.15) is 0 Å². The molecule has 0 radical (unpaired) electrons. The van der Waals surface area contributed by atoms with Crippen LogP contribution in [0.1, 0.15) is 11.1 Å². The molecule has 3 aromatic heterocycles. The highest BCUT2D eigenvalue weighted by atomic mass is 32.2. The van der Waals surface area contributed by atoms with Crippen molar-refractivity contribution >= 4 is 44.5 Å². The van der Waals surface area contributed by atoms with Crippen LogP contribution < -0.4 is 0 Å². The molecular formula is C28H21N3OS. The number of fused-ring (bicyclic) bond motifs is 4. The maximum Gasteiger partial charge on any atom is 0.141 e. The third kappa shape index (κ3) is 3.33. The summed E-state index contributed by atoms with van der Waals surface area (Å²) in [5, 5.41) is 14.4. The molecule has 0 saturated carbocycles. The van der Waals surface area contributed by atoms with Crippen molar-refractivity contribution in [1.29, 1.82) is 0 Å². The van der Waals surface area contributed by atoms with Crippen molar-refractivity contribution in [3.05, 3.63) is 96.2 Å². The Morgan fingerprint density at radius 1 is 0.818 bits per heavy atom. The Labute approximate surface area is 195 Å². The van der Waals surface area contributed by atoms with E-state index in [-0.39, 0.29) is 5.75 Å². The zero-order valence-electron chi connectivity index (χ0n) is 18.3. The third-order valence-electron chi connectivity index (χ3n) is 5.94. The van der Waals surface area contributed by atoms with Gasteiger partial charge < -0.3 is 5.11 Å². The van der Waals surface area contributed by atoms with E-state index in [1.54, 1.807) is 17.8 Å². The van der Waals surface area contributed by atoms with Gasteiger partial charge in [0.1, 0.15) is 22.1 Å². The number of hydrogen-bond donors (Lipinski definition) is 1. The highest BCUT2D eigenvalue weighted by Gasteiger charge is 2.15. The molecule has 160 valence electrons. The number of aryl methyl sites for hydroxylation is 2. The van der Waals surface area contributed by atoms with E-state index < -0.39 is 0 Å². The van der Waals surface area contributed by atoms with Gasteiger partial charge in [0.25, 0.3) is 0 Å². The lowest BCUT2D eigenvalue weighted by atomic mass is 10.2. The van der Waals surface area contributed by atoms with Gasteiger partial charge in [-0.15, -0.1) is 0 Å². The number of para-hydroxylation sites is 2. The first-order chi connectivity index (χ1) is 16.1. The predicted molar refractivity (Wildman–Crippen MR) is 136 cm³/mol. The van der Waals surface area contributed by atoms with Crippen LogP contribution in [0, 0.1) is 13.8 Å². The second-order valence-corrected chi connectivity index (χ2v) is 9.38. The van der Waals surface area contributed by atoms with Crippen LogP contribution >= 0.6 is 11.8 Å². The van der Waals surface area contributed by atoms with Crippen molar-refractivity contribution in [1.82, 2.24) is 14.5 Å². The first kappa shape index (κ1) is 19.8. The fraction of sp³-hybridized carbons (Fsp3) is 0.0714. The number of phenols is 1. The molecule has 1 N–H and O–H groups in total. The molecule has 3 heterocycles. The van der Waals surface area contributed by atoms with Gasteiger partial charge >= 0.3 is 0 Å². The lowest BCUT2D eigenvalue weighted by molar-refractivity contribution is 0.480. The second-order valence-electron chi connectivity index (χ2n) is 8.29. The molecule has 5 heteroatoms. The fourth-order valence-electron chi connectivity index (χ4n) is 4.48. The van der Waals surface area contributed by atoms with E-state index in [1.807, 2.05) is 30.5 Å². The Bertz CT molecular complexity index is 1690. The van der Waals surface area contributed by atoms with Crippen LogP contribution in [0.4, 0.5) is 0 Å². The molecule has 0 saturated heterocycles. The Hall–Kier alpha value is -3.83. The molecule has 0 fully saturated rings. The molecule has 0 atom stereocenters. The fourth-order valence-corrected chi connectivity index (χ4v) is 5.30. The summed E-state index contributed by atoms with van der Waals surface area (Å²) in [5.74, 6) is 1.15. The zero-order chi connectivity index (χ0) is 22.5. The van der Waals surface area contributed by atoms with E-state index in [9.17, 15) is 5.11 Å². The molecule has 33 heavy (non-hydrogen) atoms. The first-order valence-electron chi connectivity index (χ1n) is 10.8. The highest BCUT2D eigenvalue weighted by Crippen LogP contribution is 2.37. The average molecular weight is 448 g/mol. The number of aromatic hydroxyl groups is 1. The van der Waals surface area contributed by atoms with E-state index in [4.69, 9.17) is 9.97 Å². The summed E-state index contributed by atoms with van der Waals surface area (Å²) < 4.78 is 2.25. The number of nitrogens with zero attached hydrogens (tertiary/aromatic N) is 3. The minimum absolute atomic E-state index is 0.200. The Morgan fingerprint density at radius 3 is 2.55 bits per heavy atom. The summed E-state index contributed by atoms with van der Waals surface area (Å²) in [5.41, 5.74) is 5.17. The van der Waals surface area contributed by atoms with Crippen LogP contribution in [0.5, 0.6) is 5.75 Å². The Kier molecular flexibility index (Phi) is 4.59. The molecule has 6 aromatic rings. The highest BCUT2D eigenvalue weighted by molar-refractivity contribution is 7.99. The summed E-state index contributed by atoms with van der Waals surface area (Å²) in [6.45, 7) is 4.18. The summed E-state index contributed by atoms with van der Waals surface area (Å²) in [4.78, 5) is 10.6. The zero-order valence-corrected chi connectivity index (χ0v) is 19.1. The summed E-state index contributed by atoms with van der Waals surface area (Å²) in [7, 11) is 0. The number of phenolic OH excluding ortho intramolecular Hbond substituents is 1. The Balaban J connectivity index is 1.53. The molecule has 4 nitrogen and oxygen atoms in total. The summed E-state index contributed by atoms with van der Waals surface area (Å²) in [6.07, 6.45) is 1.92. The van der Waals surface area contributed by atoms with E-state index in [0.29, 0.717) is 5.52 Å². The van der Waals surface area contributed by atoms with E-state index in [0.717, 1.165) is 43.3 Å². The van der Waals surface area contributed by atoms with Gasteiger partial charge in [-0.25, -0.2) is 9.97 Å². The van der Waals surface area contributed by atoms with Crippen molar-refractivity contribution < 1.29 is 5.11 Å². The normalized spacial score (nSPS) is 11.6. The summed E-state index contributed by atoms with van der Waals surface area (Å²) in [6, 6.07) is 26.6. The average Bonchev–Trinajstić information content (AvgIpc) is 3.13. The second kappa shape index (κ2) is 7.64. The van der Waals surface area contributed by atoms with Gasteiger partial charge in [0.2, 0.25) is 0 Å². The number of pyridine rings is 2. The van der Waals surface area contributed by atoms with Gasteiger partial charge in [0, 0.05) is 27.3 Å². The molecule has 0 aliphatic rings. The van der Waals surface area contributed by atoms with Crippen LogP contribution in [-0.4, -0.2) is 19.6 Å². The lowest BCUT2D eigenvalue weighted by Crippen LogP contribution is -2.00. The van der Waals surface area contributed by atoms with Crippen molar-refractivity contribution in [3.8, 4) is 11.6 Å². The van der Waals surface area contributed by atoms with Crippen molar-refractivity contribution in [2.45, 2.75) is 23.8 Å². The van der Waals surface area contributed by atoms with Gasteiger partial charge in [0.15, 0.2) is 0 Å². The molecule has 6 rings (SSSR count). The quantitative estimate of drug-likeness (QED) is 0.312. The number of hydrogen-bond acceptors (Lipinski definition) is 4. The first-order valence-corrected chi connectivity index (χ1v) is 11.6. The Morgan fingerprint density at radius 2 is 1.67 bits per heavy atom. The molecule has 3 aromatic carbocycles. The van der Waals surface area contributed by atoms with Crippen LogP contribution in [0.3, 0.4) is 0 Å². The van der Waals surface area contributed by atoms with Crippen LogP contribution in [0.2, 0.25) is 0 Å². The topological polar surface area (TPSA) is 50.9 Å².